The average Bonchev–Trinajstić information content (AvgIpc) is 2.94. The van der Waals surface area contributed by atoms with E-state index in [1.165, 1.54) is 0 Å². The molecule has 7 heteroatoms. The molecule has 2 saturated heterocycles. The summed E-state index contributed by atoms with van der Waals surface area (Å²) in [6.07, 6.45) is 3.62. The minimum atomic E-state index is 0.162. The third-order valence-corrected chi connectivity index (χ3v) is 5.55. The third-order valence-electron chi connectivity index (χ3n) is 5.55. The predicted molar refractivity (Wildman–Crippen MR) is 90.1 cm³/mol. The number of hydrogen-bond acceptors (Lipinski definition) is 6. The van der Waals surface area contributed by atoms with E-state index in [0.717, 1.165) is 44.8 Å². The molecule has 1 aromatic heterocycles. The molecule has 2 aliphatic rings. The molecule has 3 rings (SSSR count). The minimum absolute atomic E-state index is 0.162. The standard InChI is InChI=1S/C17H26N4O3/c1-13(22)21-9-14(10-23-2)17(11-21)4-6-20(7-5-17)15-8-16(24-3)19-12-18-15/h8,12,14H,4-7,9-11H2,1-3H3. The van der Waals surface area contributed by atoms with Crippen LogP contribution >= 0.6 is 0 Å². The maximum Gasteiger partial charge on any atom is 0.219 e. The van der Waals surface area contributed by atoms with E-state index >= 15 is 0 Å². The summed E-state index contributed by atoms with van der Waals surface area (Å²) in [5.74, 6) is 2.06. The molecule has 0 aliphatic carbocycles. The SMILES string of the molecule is COCC1CN(C(C)=O)CC12CCN(c1cc(OC)ncn1)CC2. The molecule has 0 N–H and O–H groups in total. The zero-order chi connectivity index (χ0) is 17.2. The van der Waals surface area contributed by atoms with Gasteiger partial charge in [0.05, 0.1) is 13.7 Å². The van der Waals surface area contributed by atoms with Gasteiger partial charge in [-0.15, -0.1) is 0 Å². The van der Waals surface area contributed by atoms with Crippen LogP contribution in [0.5, 0.6) is 5.88 Å². The van der Waals surface area contributed by atoms with Gasteiger partial charge in [-0.1, -0.05) is 0 Å². The van der Waals surface area contributed by atoms with E-state index in [1.807, 2.05) is 11.0 Å². The van der Waals surface area contributed by atoms with Crippen molar-refractivity contribution in [1.82, 2.24) is 14.9 Å². The summed E-state index contributed by atoms with van der Waals surface area (Å²) in [5, 5.41) is 0. The number of likely N-dealkylation sites (tertiary alicyclic amines) is 1. The second-order valence-corrected chi connectivity index (χ2v) is 6.82. The van der Waals surface area contributed by atoms with Crippen molar-refractivity contribution in [3.05, 3.63) is 12.4 Å². The largest absolute Gasteiger partial charge is 0.481 e. The van der Waals surface area contributed by atoms with E-state index in [0.29, 0.717) is 18.4 Å². The van der Waals surface area contributed by atoms with Crippen molar-refractivity contribution >= 4 is 11.7 Å². The van der Waals surface area contributed by atoms with Crippen LogP contribution in [0.2, 0.25) is 0 Å². The molecular weight excluding hydrogens is 308 g/mol. The van der Waals surface area contributed by atoms with Crippen LogP contribution in [0, 0.1) is 11.3 Å². The molecule has 132 valence electrons. The first-order valence-electron chi connectivity index (χ1n) is 8.43. The number of hydrogen-bond donors (Lipinski definition) is 0. The Bertz CT molecular complexity index is 587. The zero-order valence-corrected chi connectivity index (χ0v) is 14.7. The van der Waals surface area contributed by atoms with Crippen LogP contribution in [0.1, 0.15) is 19.8 Å². The summed E-state index contributed by atoms with van der Waals surface area (Å²) < 4.78 is 10.6. The first-order valence-corrected chi connectivity index (χ1v) is 8.43. The fourth-order valence-electron chi connectivity index (χ4n) is 4.07. The Morgan fingerprint density at radius 1 is 1.33 bits per heavy atom. The second-order valence-electron chi connectivity index (χ2n) is 6.82. The summed E-state index contributed by atoms with van der Waals surface area (Å²) in [7, 11) is 3.36. The Hall–Kier alpha value is -1.89. The number of piperidine rings is 1. The number of rotatable bonds is 4. The third kappa shape index (κ3) is 3.17. The van der Waals surface area contributed by atoms with Crippen LogP contribution in [0.25, 0.3) is 0 Å². The maximum atomic E-state index is 11.8. The molecule has 1 aromatic rings. The van der Waals surface area contributed by atoms with Crippen molar-refractivity contribution < 1.29 is 14.3 Å². The smallest absolute Gasteiger partial charge is 0.219 e. The fraction of sp³-hybridized carbons (Fsp3) is 0.706. The monoisotopic (exact) mass is 334 g/mol. The zero-order valence-electron chi connectivity index (χ0n) is 14.7. The van der Waals surface area contributed by atoms with Gasteiger partial charge < -0.3 is 19.3 Å². The Kier molecular flexibility index (Phi) is 4.89. The van der Waals surface area contributed by atoms with Crippen molar-refractivity contribution in [3.8, 4) is 5.88 Å². The number of methoxy groups -OCH3 is 2. The number of carbonyl (C=O) groups is 1. The van der Waals surface area contributed by atoms with Crippen LogP contribution in [0.15, 0.2) is 12.4 Å². The van der Waals surface area contributed by atoms with Gasteiger partial charge in [0.15, 0.2) is 0 Å². The summed E-state index contributed by atoms with van der Waals surface area (Å²) in [5.41, 5.74) is 0.162. The highest BCUT2D eigenvalue weighted by Gasteiger charge is 2.48. The van der Waals surface area contributed by atoms with Crippen molar-refractivity contribution in [1.29, 1.82) is 0 Å². The van der Waals surface area contributed by atoms with E-state index in [-0.39, 0.29) is 11.3 Å². The van der Waals surface area contributed by atoms with Gasteiger partial charge in [0.1, 0.15) is 12.1 Å². The van der Waals surface area contributed by atoms with E-state index in [2.05, 4.69) is 14.9 Å². The van der Waals surface area contributed by atoms with Crippen LogP contribution in [0.4, 0.5) is 5.82 Å². The topological polar surface area (TPSA) is 67.8 Å². The number of carbonyl (C=O) groups excluding carboxylic acids is 1. The highest BCUT2D eigenvalue weighted by atomic mass is 16.5. The van der Waals surface area contributed by atoms with Crippen molar-refractivity contribution in [2.45, 2.75) is 19.8 Å². The van der Waals surface area contributed by atoms with Crippen LogP contribution in [-0.4, -0.2) is 67.8 Å². The van der Waals surface area contributed by atoms with Crippen LogP contribution in [-0.2, 0) is 9.53 Å². The molecule has 3 heterocycles. The lowest BCUT2D eigenvalue weighted by molar-refractivity contribution is -0.128. The van der Waals surface area contributed by atoms with Gasteiger partial charge in [0.2, 0.25) is 11.8 Å². The first-order chi connectivity index (χ1) is 11.6. The van der Waals surface area contributed by atoms with Gasteiger partial charge in [0, 0.05) is 52.2 Å². The van der Waals surface area contributed by atoms with Gasteiger partial charge >= 0.3 is 0 Å². The normalized spacial score (nSPS) is 22.9. The molecule has 0 radical (unpaired) electrons. The Morgan fingerprint density at radius 2 is 2.08 bits per heavy atom. The average molecular weight is 334 g/mol. The lowest BCUT2D eigenvalue weighted by Crippen LogP contribution is -2.45. The fourth-order valence-corrected chi connectivity index (χ4v) is 4.07. The number of ether oxygens (including phenoxy) is 2. The van der Waals surface area contributed by atoms with E-state index < -0.39 is 0 Å². The van der Waals surface area contributed by atoms with Crippen molar-refractivity contribution in [2.24, 2.45) is 11.3 Å². The molecule has 1 atom stereocenters. The summed E-state index contributed by atoms with van der Waals surface area (Å²) in [6.45, 7) is 5.87. The van der Waals surface area contributed by atoms with Crippen LogP contribution < -0.4 is 9.64 Å². The van der Waals surface area contributed by atoms with Crippen LogP contribution in [0.3, 0.4) is 0 Å². The Balaban J connectivity index is 1.71. The predicted octanol–water partition coefficient (Wildman–Crippen LogP) is 1.20. The van der Waals surface area contributed by atoms with Gasteiger partial charge in [-0.2, -0.15) is 0 Å². The highest BCUT2D eigenvalue weighted by Crippen LogP contribution is 2.45. The molecule has 24 heavy (non-hydrogen) atoms. The number of nitrogens with zero attached hydrogens (tertiary/aromatic N) is 4. The summed E-state index contributed by atoms with van der Waals surface area (Å²) in [4.78, 5) is 24.5. The van der Waals surface area contributed by atoms with E-state index in [1.54, 1.807) is 27.5 Å². The molecule has 0 saturated carbocycles. The second kappa shape index (κ2) is 6.93. The lowest BCUT2D eigenvalue weighted by Gasteiger charge is -2.42. The van der Waals surface area contributed by atoms with E-state index in [9.17, 15) is 4.79 Å². The van der Waals surface area contributed by atoms with Crippen molar-refractivity contribution in [3.63, 3.8) is 0 Å². The molecular formula is C17H26N4O3. The van der Waals surface area contributed by atoms with Gasteiger partial charge in [-0.25, -0.2) is 9.97 Å². The highest BCUT2D eigenvalue weighted by molar-refractivity contribution is 5.73. The molecule has 0 aromatic carbocycles. The molecule has 2 aliphatic heterocycles. The molecule has 1 spiro atoms. The minimum Gasteiger partial charge on any atom is -0.481 e. The molecule has 1 amide bonds. The molecule has 0 bridgehead atoms. The maximum absolute atomic E-state index is 11.8. The number of anilines is 1. The molecule has 7 nitrogen and oxygen atoms in total. The van der Waals surface area contributed by atoms with E-state index in [4.69, 9.17) is 9.47 Å². The van der Waals surface area contributed by atoms with Gasteiger partial charge in [0.25, 0.3) is 0 Å². The Labute approximate surface area is 143 Å². The summed E-state index contributed by atoms with van der Waals surface area (Å²) >= 11 is 0. The molecule has 1 unspecified atom stereocenters. The number of amides is 1. The molecule has 2 fully saturated rings. The van der Waals surface area contributed by atoms with Gasteiger partial charge in [-0.05, 0) is 18.3 Å². The van der Waals surface area contributed by atoms with Crippen molar-refractivity contribution in [2.75, 3.05) is 51.9 Å². The lowest BCUT2D eigenvalue weighted by atomic mass is 9.71. The Morgan fingerprint density at radius 3 is 2.71 bits per heavy atom. The van der Waals surface area contributed by atoms with Gasteiger partial charge in [-0.3, -0.25) is 4.79 Å². The summed E-state index contributed by atoms with van der Waals surface area (Å²) in [6, 6.07) is 1.88. The quantitative estimate of drug-likeness (QED) is 0.824. The first kappa shape index (κ1) is 17.0. The number of aromatic nitrogens is 2.